The number of carbonyl (C=O) groups is 6. The van der Waals surface area contributed by atoms with Crippen LogP contribution in [-0.2, 0) is 25.6 Å². The maximum Gasteiger partial charge on any atom is 0.255 e. The zero-order valence-electron chi connectivity index (χ0n) is 72.0. The van der Waals surface area contributed by atoms with Crippen molar-refractivity contribution in [3.05, 3.63) is 325 Å². The summed E-state index contributed by atoms with van der Waals surface area (Å²) in [6, 6.07) is 81.4. The van der Waals surface area contributed by atoms with Crippen LogP contribution in [0.25, 0.3) is 10.8 Å². The van der Waals surface area contributed by atoms with Crippen molar-refractivity contribution >= 4 is 110 Å². The first-order valence-corrected chi connectivity index (χ1v) is 44.9. The van der Waals surface area contributed by atoms with Crippen molar-refractivity contribution < 1.29 is 33.5 Å². The van der Waals surface area contributed by atoms with Crippen LogP contribution in [-0.4, -0.2) is 190 Å². The summed E-state index contributed by atoms with van der Waals surface area (Å²) in [7, 11) is 1.58. The molecule has 0 bridgehead atoms. The van der Waals surface area contributed by atoms with Gasteiger partial charge in [-0.15, -0.1) is 0 Å². The first-order chi connectivity index (χ1) is 62.0. The lowest BCUT2D eigenvalue weighted by Crippen LogP contribution is -2.49. The zero-order valence-corrected chi connectivity index (χ0v) is 75.0. The van der Waals surface area contributed by atoms with Crippen molar-refractivity contribution in [1.82, 2.24) is 46.6 Å². The quantitative estimate of drug-likeness (QED) is 0.00997. The molecule has 128 heavy (non-hydrogen) atoms. The van der Waals surface area contributed by atoms with Gasteiger partial charge in [0.15, 0.2) is 17.9 Å². The smallest absolute Gasteiger partial charge is 0.255 e. The van der Waals surface area contributed by atoms with Gasteiger partial charge in [-0.1, -0.05) is 265 Å². The Morgan fingerprint density at radius 1 is 0.414 bits per heavy atom. The lowest BCUT2D eigenvalue weighted by Gasteiger charge is -2.29. The highest BCUT2D eigenvalue weighted by Crippen LogP contribution is 2.34. The SMILES string of the molecule is COc1c(C(=O)NC[C@@H]2CCN(CC(c3ccccc3)c3ccccc3)C(=O)[C@H](CCCN=C(N)N)N2)ccc2ccccc12.NC(N)=NCCC[C@@H]1N[C@H](CNC(=O)Cc2ccc(Cl)cc2Cl)CCN(CC(c2ccccc2)c2ccccc2)C1=O.NC(N)=NCCC[C@@H]1N[C@H](CNC(=O)c2cc(Cl)cc(Cl)c2)CCN(CC(c2ccccc2)c2ccccc2)C1=O. The van der Waals surface area contributed by atoms with Gasteiger partial charge in [0.25, 0.3) is 11.8 Å². The van der Waals surface area contributed by atoms with Gasteiger partial charge in [0.2, 0.25) is 23.6 Å². The van der Waals surface area contributed by atoms with Gasteiger partial charge in [-0.2, -0.15) is 0 Å². The molecule has 29 heteroatoms. The maximum atomic E-state index is 14.1. The van der Waals surface area contributed by atoms with Gasteiger partial charge in [0.05, 0.1) is 37.2 Å². The topological polar surface area (TPSA) is 387 Å². The highest BCUT2D eigenvalue weighted by molar-refractivity contribution is 6.35. The van der Waals surface area contributed by atoms with Crippen LogP contribution in [0.3, 0.4) is 0 Å². The van der Waals surface area contributed by atoms with E-state index in [-0.39, 0.29) is 95.6 Å². The van der Waals surface area contributed by atoms with E-state index in [1.54, 1.807) is 49.6 Å². The number of guanidine groups is 3. The fraction of sp³-hybridized carbons (Fsp3) is 0.323. The Bertz CT molecular complexity index is 5200. The molecule has 10 aromatic carbocycles. The number of hydrogen-bond donors (Lipinski definition) is 12. The molecular weight excluding hydrogens is 1700 g/mol. The Balaban J connectivity index is 0.000000186. The van der Waals surface area contributed by atoms with Gasteiger partial charge >= 0.3 is 0 Å². The van der Waals surface area contributed by atoms with Gasteiger partial charge < -0.3 is 85.7 Å². The maximum absolute atomic E-state index is 14.1. The number of aliphatic imine (C=N–C) groups is 3. The minimum atomic E-state index is -0.443. The summed E-state index contributed by atoms with van der Waals surface area (Å²) in [5.41, 5.74) is 41.5. The van der Waals surface area contributed by atoms with Crippen molar-refractivity contribution in [3.8, 4) is 5.75 Å². The molecule has 0 radical (unpaired) electrons. The number of ether oxygens (including phenoxy) is 1. The summed E-state index contributed by atoms with van der Waals surface area (Å²) >= 11 is 24.4. The molecule has 6 atom stereocenters. The fourth-order valence-electron chi connectivity index (χ4n) is 16.5. The Morgan fingerprint density at radius 2 is 0.758 bits per heavy atom. The Hall–Kier alpha value is -12.1. The number of hydrogen-bond acceptors (Lipinski definition) is 13. The summed E-state index contributed by atoms with van der Waals surface area (Å²) in [5, 5.41) is 23.3. The van der Waals surface area contributed by atoms with Crippen molar-refractivity contribution in [2.24, 2.45) is 49.4 Å². The molecule has 3 aliphatic rings. The average molecular weight is 1810 g/mol. The lowest BCUT2D eigenvalue weighted by molar-refractivity contribution is -0.133. The van der Waals surface area contributed by atoms with Gasteiger partial charge in [0.1, 0.15) is 5.75 Å². The molecule has 3 heterocycles. The van der Waals surface area contributed by atoms with Crippen LogP contribution in [0.4, 0.5) is 0 Å². The lowest BCUT2D eigenvalue weighted by atomic mass is 9.90. The van der Waals surface area contributed by atoms with Crippen LogP contribution in [0.15, 0.2) is 270 Å². The summed E-state index contributed by atoms with van der Waals surface area (Å²) < 4.78 is 5.66. The third-order valence-electron chi connectivity index (χ3n) is 23.0. The predicted molar refractivity (Wildman–Crippen MR) is 514 cm³/mol. The number of amides is 6. The normalized spacial score (nSPS) is 17.0. The Kier molecular flexibility index (Phi) is 37.6. The molecular formula is C99H116Cl4N18O7. The first-order valence-electron chi connectivity index (χ1n) is 43.4. The zero-order chi connectivity index (χ0) is 90.7. The van der Waals surface area contributed by atoms with Crippen LogP contribution in [0.2, 0.25) is 20.1 Å². The van der Waals surface area contributed by atoms with E-state index < -0.39 is 18.1 Å². The van der Waals surface area contributed by atoms with E-state index >= 15 is 0 Å². The largest absolute Gasteiger partial charge is 0.495 e. The second-order valence-electron chi connectivity index (χ2n) is 32.1. The number of nitrogens with two attached hydrogens (primary N) is 6. The minimum Gasteiger partial charge on any atom is -0.495 e. The summed E-state index contributed by atoms with van der Waals surface area (Å²) in [5.74, 6) is 0.190. The molecule has 3 aliphatic heterocycles. The second-order valence-corrected chi connectivity index (χ2v) is 33.8. The monoisotopic (exact) mass is 1810 g/mol. The van der Waals surface area contributed by atoms with E-state index in [2.05, 4.69) is 120 Å². The van der Waals surface area contributed by atoms with Crippen LogP contribution < -0.4 is 71.0 Å². The summed E-state index contributed by atoms with van der Waals surface area (Å²) in [6.45, 7) is 5.71. The molecule has 3 fully saturated rings. The average Bonchev–Trinajstić information content (AvgIpc) is 1.52. The fourth-order valence-corrected chi connectivity index (χ4v) is 17.5. The van der Waals surface area contributed by atoms with E-state index in [9.17, 15) is 28.8 Å². The minimum absolute atomic E-state index is 0.0208. The molecule has 3 saturated heterocycles. The highest BCUT2D eigenvalue weighted by atomic mass is 35.5. The van der Waals surface area contributed by atoms with E-state index in [1.807, 2.05) is 154 Å². The van der Waals surface area contributed by atoms with Crippen molar-refractivity contribution in [2.45, 2.75) is 118 Å². The Morgan fingerprint density at radius 3 is 1.11 bits per heavy atom. The molecule has 0 spiro atoms. The molecule has 0 aromatic heterocycles. The number of carbonyl (C=O) groups excluding carboxylic acids is 6. The molecule has 6 amide bonds. The van der Waals surface area contributed by atoms with Crippen LogP contribution in [0.1, 0.15) is 135 Å². The number of benzene rings is 10. The number of fused-ring (bicyclic) bond motifs is 1. The third kappa shape index (κ3) is 29.5. The predicted octanol–water partition coefficient (Wildman–Crippen LogP) is 12.3. The van der Waals surface area contributed by atoms with Crippen molar-refractivity contribution in [3.63, 3.8) is 0 Å². The molecule has 13 rings (SSSR count). The number of methoxy groups -OCH3 is 1. The molecule has 0 saturated carbocycles. The van der Waals surface area contributed by atoms with E-state index in [0.29, 0.717) is 179 Å². The van der Waals surface area contributed by atoms with Crippen molar-refractivity contribution in [1.29, 1.82) is 0 Å². The van der Waals surface area contributed by atoms with E-state index in [1.165, 1.54) is 0 Å². The standard InChI is InChI=1S/C36H42N6O3.C32H38Cl2N6O2.C31H36Cl2N6O2/c1-45-33-29-16-9-8-15-27(29)18-19-30(33)34(43)40-23-28-20-22-42(35(44)32(41-28)17-10-21-39-36(37)38)24-31(25-11-4-2-5-12-25)26-13-6-3-7-14-26;33-25-14-13-24(28(34)19-25)18-30(41)38-20-26-15-17-40(31(42)29(39-26)12-7-16-37-32(35)36)21-27(22-8-3-1-4-9-22)23-10-5-2-6-11-23;32-24-16-23(17-25(33)18-24)29(40)37-19-26-13-15-39(30(41)28(38-26)12-7-14-36-31(34)35)20-27(21-8-3-1-4-9-21)22-10-5-2-6-11-22/h2-9,11-16,18-19,28,31-32,41H,10,17,20-24H2,1H3,(H,40,43)(H4,37,38,39);1-6,8-11,13-14,19,26-27,29,39H,7,12,15-18,20-21H2,(H,38,41)(H4,35,36,37);1-6,8-11,16-18,26-28,38H,7,12-15,19-20H2,(H,37,40)(H4,34,35,36)/t28-,32-;26-,29-;26-,28-/m000/s1. The van der Waals surface area contributed by atoms with Gasteiger partial charge in [-0.25, -0.2) is 0 Å². The Labute approximate surface area is 769 Å². The molecule has 0 unspecified atom stereocenters. The van der Waals surface area contributed by atoms with Crippen molar-refractivity contribution in [2.75, 3.05) is 85.6 Å². The van der Waals surface area contributed by atoms with Crippen LogP contribution >= 0.6 is 46.4 Å². The number of halogens is 4. The molecule has 672 valence electrons. The third-order valence-corrected chi connectivity index (χ3v) is 24.0. The number of nitrogens with zero attached hydrogens (tertiary/aromatic N) is 6. The number of rotatable bonds is 35. The summed E-state index contributed by atoms with van der Waals surface area (Å²) in [6.07, 6.45) is 5.80. The summed E-state index contributed by atoms with van der Waals surface area (Å²) in [4.78, 5) is 99.1. The number of nitrogens with one attached hydrogen (secondary N) is 6. The second kappa shape index (κ2) is 49.9. The molecule has 10 aromatic rings. The van der Waals surface area contributed by atoms with Gasteiger partial charge in [-0.3, -0.25) is 43.7 Å². The molecule has 0 aliphatic carbocycles. The van der Waals surface area contributed by atoms with Crippen LogP contribution in [0, 0.1) is 0 Å². The van der Waals surface area contributed by atoms with Gasteiger partial charge in [0, 0.05) is 145 Å². The van der Waals surface area contributed by atoms with Gasteiger partial charge in [-0.05, 0) is 139 Å². The van der Waals surface area contributed by atoms with E-state index in [0.717, 1.165) is 44.2 Å². The first kappa shape index (κ1) is 96.6. The molecule has 25 nitrogen and oxygen atoms in total. The highest BCUT2D eigenvalue weighted by Gasteiger charge is 2.37. The van der Waals surface area contributed by atoms with E-state index in [4.69, 9.17) is 85.5 Å². The van der Waals surface area contributed by atoms with Crippen LogP contribution in [0.5, 0.6) is 5.75 Å². The molecule has 18 N–H and O–H groups in total.